The van der Waals surface area contributed by atoms with E-state index in [0.29, 0.717) is 17.3 Å². The Kier molecular flexibility index (Phi) is 4.67. The molecule has 1 aliphatic carbocycles. The smallest absolute Gasteiger partial charge is 0.0571 e. The van der Waals surface area contributed by atoms with Gasteiger partial charge < -0.3 is 5.11 Å². The second-order valence-electron chi connectivity index (χ2n) is 6.92. The van der Waals surface area contributed by atoms with E-state index in [4.69, 9.17) is 0 Å². The van der Waals surface area contributed by atoms with E-state index in [1.54, 1.807) is 6.20 Å². The summed E-state index contributed by atoms with van der Waals surface area (Å²) in [7, 11) is 0. The summed E-state index contributed by atoms with van der Waals surface area (Å²) >= 11 is 3.46. The Bertz CT molecular complexity index is 427. The predicted molar refractivity (Wildman–Crippen MR) is 81.9 cm³/mol. The topological polar surface area (TPSA) is 33.1 Å². The van der Waals surface area contributed by atoms with Gasteiger partial charge in [-0.3, -0.25) is 4.98 Å². The van der Waals surface area contributed by atoms with Crippen molar-refractivity contribution >= 4 is 15.9 Å². The summed E-state index contributed by atoms with van der Waals surface area (Å²) in [4.78, 5) is 4.21. The lowest BCUT2D eigenvalue weighted by molar-refractivity contribution is 0.0196. The van der Waals surface area contributed by atoms with Gasteiger partial charge in [0.25, 0.3) is 0 Å². The number of aromatic nitrogens is 1. The molecule has 0 spiro atoms. The largest absolute Gasteiger partial charge is 0.393 e. The van der Waals surface area contributed by atoms with Crippen LogP contribution in [-0.4, -0.2) is 16.2 Å². The molecule has 2 rings (SSSR count). The molecule has 1 heterocycles. The molecule has 0 radical (unpaired) electrons. The molecule has 19 heavy (non-hydrogen) atoms. The van der Waals surface area contributed by atoms with Gasteiger partial charge in [-0.15, -0.1) is 0 Å². The van der Waals surface area contributed by atoms with Gasteiger partial charge in [0, 0.05) is 16.9 Å². The van der Waals surface area contributed by atoms with Crippen molar-refractivity contribution in [2.75, 3.05) is 0 Å². The van der Waals surface area contributed by atoms with Crippen molar-refractivity contribution in [3.05, 3.63) is 28.5 Å². The number of aliphatic hydroxyl groups excluding tert-OH is 1. The molecule has 2 nitrogen and oxygen atoms in total. The van der Waals surface area contributed by atoms with Crippen molar-refractivity contribution in [1.82, 2.24) is 4.98 Å². The lowest BCUT2D eigenvalue weighted by atomic mass is 9.67. The van der Waals surface area contributed by atoms with Gasteiger partial charge in [0.1, 0.15) is 0 Å². The fraction of sp³-hybridized carbons (Fsp3) is 0.688. The van der Waals surface area contributed by atoms with Crippen molar-refractivity contribution in [2.45, 2.75) is 52.6 Å². The summed E-state index contributed by atoms with van der Waals surface area (Å²) in [6.07, 6.45) is 7.71. The number of nitrogens with zero attached hydrogens (tertiary/aromatic N) is 1. The van der Waals surface area contributed by atoms with Crippen LogP contribution < -0.4 is 0 Å². The molecule has 3 atom stereocenters. The molecule has 0 amide bonds. The highest BCUT2D eigenvalue weighted by atomic mass is 79.9. The number of pyridine rings is 1. The average Bonchev–Trinajstić information content (AvgIpc) is 2.30. The fourth-order valence-corrected chi connectivity index (χ4v) is 3.54. The molecule has 1 aromatic heterocycles. The molecule has 0 aliphatic heterocycles. The third kappa shape index (κ3) is 4.03. The Labute approximate surface area is 124 Å². The van der Waals surface area contributed by atoms with Gasteiger partial charge in [-0.1, -0.05) is 20.8 Å². The molecular weight excluding hydrogens is 302 g/mol. The van der Waals surface area contributed by atoms with Gasteiger partial charge in [0.15, 0.2) is 0 Å². The fourth-order valence-electron chi connectivity index (χ4n) is 3.12. The maximum atomic E-state index is 10.3. The summed E-state index contributed by atoms with van der Waals surface area (Å²) in [5, 5.41) is 10.3. The zero-order chi connectivity index (χ0) is 14.0. The number of hydrogen-bond donors (Lipinski definition) is 1. The van der Waals surface area contributed by atoms with Crippen molar-refractivity contribution in [2.24, 2.45) is 17.3 Å². The van der Waals surface area contributed by atoms with E-state index in [1.165, 1.54) is 5.56 Å². The average molecular weight is 326 g/mol. The molecule has 0 aromatic carbocycles. The monoisotopic (exact) mass is 325 g/mol. The summed E-state index contributed by atoms with van der Waals surface area (Å²) in [6, 6.07) is 2.11. The number of aliphatic hydroxyl groups is 1. The van der Waals surface area contributed by atoms with Crippen molar-refractivity contribution in [1.29, 1.82) is 0 Å². The number of rotatable bonds is 2. The molecule has 1 aromatic rings. The maximum absolute atomic E-state index is 10.3. The molecular formula is C16H24BrNO. The summed E-state index contributed by atoms with van der Waals surface area (Å²) in [5.74, 6) is 1.08. The van der Waals surface area contributed by atoms with Gasteiger partial charge >= 0.3 is 0 Å². The van der Waals surface area contributed by atoms with Gasteiger partial charge in [0.05, 0.1) is 6.10 Å². The van der Waals surface area contributed by atoms with E-state index < -0.39 is 0 Å². The Morgan fingerprint density at radius 1 is 1.32 bits per heavy atom. The van der Waals surface area contributed by atoms with Gasteiger partial charge in [-0.05, 0) is 70.5 Å². The minimum absolute atomic E-state index is 0.155. The molecule has 1 saturated carbocycles. The standard InChI is InChI=1S/C16H24BrNO/c1-16(2,3)13-4-5-15(19)12(8-13)6-11-7-14(17)10-18-9-11/h7,9-10,12-13,15,19H,4-6,8H2,1-3H3. The number of halogens is 1. The van der Waals surface area contributed by atoms with E-state index in [-0.39, 0.29) is 6.10 Å². The quantitative estimate of drug-likeness (QED) is 0.883. The maximum Gasteiger partial charge on any atom is 0.0571 e. The van der Waals surface area contributed by atoms with Crippen LogP contribution in [0.25, 0.3) is 0 Å². The lowest BCUT2D eigenvalue weighted by Crippen LogP contribution is -2.35. The van der Waals surface area contributed by atoms with Crippen LogP contribution >= 0.6 is 15.9 Å². The third-order valence-corrected chi connectivity index (χ3v) is 4.86. The molecule has 1 fully saturated rings. The van der Waals surface area contributed by atoms with E-state index in [1.807, 2.05) is 6.20 Å². The van der Waals surface area contributed by atoms with Crippen LogP contribution in [-0.2, 0) is 6.42 Å². The third-order valence-electron chi connectivity index (χ3n) is 4.43. The number of hydrogen-bond acceptors (Lipinski definition) is 2. The molecule has 0 bridgehead atoms. The molecule has 1 N–H and O–H groups in total. The molecule has 1 aliphatic rings. The van der Waals surface area contributed by atoms with Crippen LogP contribution in [0.2, 0.25) is 0 Å². The lowest BCUT2D eigenvalue weighted by Gasteiger charge is -2.40. The Balaban J connectivity index is 2.05. The van der Waals surface area contributed by atoms with Crippen molar-refractivity contribution in [3.8, 4) is 0 Å². The van der Waals surface area contributed by atoms with Gasteiger partial charge in [-0.25, -0.2) is 0 Å². The summed E-state index contributed by atoms with van der Waals surface area (Å²) < 4.78 is 1.02. The normalized spacial score (nSPS) is 28.4. The first-order valence-electron chi connectivity index (χ1n) is 7.14. The summed E-state index contributed by atoms with van der Waals surface area (Å²) in [6.45, 7) is 6.94. The first-order chi connectivity index (χ1) is 8.86. The predicted octanol–water partition coefficient (Wildman–Crippen LogP) is 4.21. The zero-order valence-corrected chi connectivity index (χ0v) is 13.7. The minimum atomic E-state index is -0.155. The van der Waals surface area contributed by atoms with Crippen LogP contribution in [0.1, 0.15) is 45.6 Å². The van der Waals surface area contributed by atoms with E-state index in [2.05, 4.69) is 47.8 Å². The second kappa shape index (κ2) is 5.92. The molecule has 3 unspecified atom stereocenters. The molecule has 3 heteroatoms. The van der Waals surface area contributed by atoms with Crippen LogP contribution in [0.5, 0.6) is 0 Å². The highest BCUT2D eigenvalue weighted by Gasteiger charge is 2.35. The highest BCUT2D eigenvalue weighted by molar-refractivity contribution is 9.10. The second-order valence-corrected chi connectivity index (χ2v) is 7.83. The Morgan fingerprint density at radius 3 is 2.68 bits per heavy atom. The van der Waals surface area contributed by atoms with Crippen LogP contribution in [0, 0.1) is 17.3 Å². The first-order valence-corrected chi connectivity index (χ1v) is 7.93. The van der Waals surface area contributed by atoms with Crippen molar-refractivity contribution in [3.63, 3.8) is 0 Å². The zero-order valence-electron chi connectivity index (χ0n) is 12.1. The first kappa shape index (κ1) is 15.0. The van der Waals surface area contributed by atoms with E-state index in [0.717, 1.165) is 30.2 Å². The highest BCUT2D eigenvalue weighted by Crippen LogP contribution is 2.41. The van der Waals surface area contributed by atoms with Gasteiger partial charge in [-0.2, -0.15) is 0 Å². The Morgan fingerprint density at radius 2 is 2.05 bits per heavy atom. The van der Waals surface area contributed by atoms with E-state index in [9.17, 15) is 5.11 Å². The van der Waals surface area contributed by atoms with Crippen LogP contribution in [0.15, 0.2) is 22.9 Å². The molecule has 0 saturated heterocycles. The van der Waals surface area contributed by atoms with Crippen LogP contribution in [0.3, 0.4) is 0 Å². The van der Waals surface area contributed by atoms with Crippen molar-refractivity contribution < 1.29 is 5.11 Å². The Hall–Kier alpha value is -0.410. The van der Waals surface area contributed by atoms with Crippen LogP contribution in [0.4, 0.5) is 0 Å². The van der Waals surface area contributed by atoms with Gasteiger partial charge in [0.2, 0.25) is 0 Å². The molecule has 106 valence electrons. The summed E-state index contributed by atoms with van der Waals surface area (Å²) in [5.41, 5.74) is 1.56. The minimum Gasteiger partial charge on any atom is -0.393 e. The SMILES string of the molecule is CC(C)(C)C1CCC(O)C(Cc2cncc(Br)c2)C1. The van der Waals surface area contributed by atoms with E-state index >= 15 is 0 Å².